The van der Waals surface area contributed by atoms with Crippen LogP contribution in [-0.2, 0) is 9.47 Å². The Balaban J connectivity index is 0.000000189. The van der Waals surface area contributed by atoms with E-state index in [1.54, 1.807) is 26.6 Å². The predicted octanol–water partition coefficient (Wildman–Crippen LogP) is 4.32. The number of ether oxygens (including phenoxy) is 2. The van der Waals surface area contributed by atoms with Crippen LogP contribution in [0.25, 0.3) is 10.2 Å². The molecule has 5 rings (SSSR count). The first-order valence-electron chi connectivity index (χ1n) is 13.4. The second kappa shape index (κ2) is 13.9. The topological polar surface area (TPSA) is 147 Å². The van der Waals surface area contributed by atoms with Gasteiger partial charge in [0.2, 0.25) is 0 Å². The van der Waals surface area contributed by atoms with E-state index in [-0.39, 0.29) is 0 Å². The fraction of sp³-hybridized carbons (Fsp3) is 0.500. The molecule has 40 heavy (non-hydrogen) atoms. The van der Waals surface area contributed by atoms with E-state index in [1.165, 1.54) is 24.2 Å². The zero-order valence-electron chi connectivity index (χ0n) is 23.0. The lowest BCUT2D eigenvalue weighted by Crippen LogP contribution is -2.37. The van der Waals surface area contributed by atoms with Gasteiger partial charge in [-0.15, -0.1) is 11.3 Å². The Morgan fingerprint density at radius 2 is 1.77 bits per heavy atom. The summed E-state index contributed by atoms with van der Waals surface area (Å²) in [6.45, 7) is 5.35. The second-order valence-corrected chi connectivity index (χ2v) is 11.6. The molecule has 2 saturated heterocycles. The highest BCUT2D eigenvalue weighted by Crippen LogP contribution is 2.39. The number of piperidine rings is 2. The van der Waals surface area contributed by atoms with Gasteiger partial charge in [-0.3, -0.25) is 4.79 Å². The lowest BCUT2D eigenvalue weighted by Gasteiger charge is -2.34. The second-order valence-electron chi connectivity index (χ2n) is 10.2. The Hall–Kier alpha value is -3.24. The van der Waals surface area contributed by atoms with Gasteiger partial charge in [-0.1, -0.05) is 12.2 Å². The zero-order chi connectivity index (χ0) is 28.6. The molecular formula is C28H37N7O3S2. The summed E-state index contributed by atoms with van der Waals surface area (Å²) < 4.78 is 11.0. The van der Waals surface area contributed by atoms with Gasteiger partial charge >= 0.3 is 0 Å². The van der Waals surface area contributed by atoms with Gasteiger partial charge in [-0.2, -0.15) is 5.26 Å². The molecule has 5 heterocycles. The molecule has 0 radical (unpaired) electrons. The number of pyridine rings is 2. The van der Waals surface area contributed by atoms with Gasteiger partial charge in [-0.05, 0) is 49.7 Å². The van der Waals surface area contributed by atoms with Crippen molar-refractivity contribution in [2.75, 3.05) is 69.1 Å². The summed E-state index contributed by atoms with van der Waals surface area (Å²) >= 11 is 6.42. The number of H-pyrrole nitrogens is 1. The van der Waals surface area contributed by atoms with Crippen LogP contribution in [0.5, 0.6) is 0 Å². The molecule has 0 aromatic carbocycles. The number of nitrogens with two attached hydrogens (primary N) is 2. The van der Waals surface area contributed by atoms with Crippen molar-refractivity contribution in [2.45, 2.75) is 25.7 Å². The van der Waals surface area contributed by atoms with Crippen LogP contribution >= 0.6 is 23.6 Å². The quantitative estimate of drug-likeness (QED) is 0.346. The van der Waals surface area contributed by atoms with Gasteiger partial charge in [0, 0.05) is 52.8 Å². The van der Waals surface area contributed by atoms with E-state index in [1.807, 2.05) is 12.1 Å². The number of methoxy groups -OCH3 is 2. The number of aromatic nitrogens is 2. The first-order valence-corrected chi connectivity index (χ1v) is 14.7. The summed E-state index contributed by atoms with van der Waals surface area (Å²) in [4.78, 5) is 24.5. The van der Waals surface area contributed by atoms with Crippen LogP contribution < -0.4 is 21.3 Å². The molecule has 12 heteroatoms. The Morgan fingerprint density at radius 1 is 1.15 bits per heavy atom. The van der Waals surface area contributed by atoms with Gasteiger partial charge in [0.05, 0.1) is 35.7 Å². The number of rotatable bonds is 7. The minimum Gasteiger partial charge on any atom is -0.397 e. The molecule has 2 fully saturated rings. The highest BCUT2D eigenvalue weighted by molar-refractivity contribution is 7.71. The number of nitrogens with one attached hydrogen (secondary N) is 1. The number of aromatic amines is 1. The van der Waals surface area contributed by atoms with E-state index in [0.717, 1.165) is 73.8 Å². The van der Waals surface area contributed by atoms with E-state index in [9.17, 15) is 10.1 Å². The minimum atomic E-state index is -0.498. The molecule has 1 amide bonds. The third-order valence-electron chi connectivity index (χ3n) is 7.41. The Morgan fingerprint density at radius 3 is 2.35 bits per heavy atom. The maximum Gasteiger partial charge on any atom is 0.260 e. The standard InChI is InChI=1S/C15H20N4O2S.C13H17N3OS/c1-21-8-9-3-2-6-19(7-9)10-4-5-18-15-11(10)12(16)13(22-15)14(17)20;1-17-9-10-3-2-6-16(8-10)12-4-5-15-13(18)11(12)7-14/h4-5,9H,2-3,6-8,16H2,1H3,(H2,17,20);4-5,10H,2-3,6,8-9H2,1H3,(H,15,18). The van der Waals surface area contributed by atoms with Crippen molar-refractivity contribution in [1.82, 2.24) is 9.97 Å². The Labute approximate surface area is 243 Å². The molecular weight excluding hydrogens is 546 g/mol. The Kier molecular flexibility index (Phi) is 10.3. The summed E-state index contributed by atoms with van der Waals surface area (Å²) in [6.07, 6.45) is 8.17. The maximum absolute atomic E-state index is 11.5. The van der Waals surface area contributed by atoms with E-state index < -0.39 is 5.91 Å². The third kappa shape index (κ3) is 6.72. The molecule has 5 N–H and O–H groups in total. The summed E-state index contributed by atoms with van der Waals surface area (Å²) in [5.41, 5.74) is 14.6. The molecule has 0 bridgehead atoms. The Bertz CT molecular complexity index is 1410. The molecule has 3 aromatic rings. The van der Waals surface area contributed by atoms with E-state index in [0.29, 0.717) is 32.6 Å². The van der Waals surface area contributed by atoms with E-state index in [2.05, 4.69) is 25.8 Å². The number of fused-ring (bicyclic) bond motifs is 1. The van der Waals surface area contributed by atoms with E-state index in [4.69, 9.17) is 33.2 Å². The number of amides is 1. The van der Waals surface area contributed by atoms with Gasteiger partial charge < -0.3 is 35.7 Å². The molecule has 2 unspecified atom stereocenters. The monoisotopic (exact) mass is 583 g/mol. The number of primary amides is 1. The predicted molar refractivity (Wildman–Crippen MR) is 163 cm³/mol. The zero-order valence-corrected chi connectivity index (χ0v) is 24.7. The van der Waals surface area contributed by atoms with Crippen LogP contribution in [0, 0.1) is 27.8 Å². The number of carbonyl (C=O) groups is 1. The van der Waals surface area contributed by atoms with E-state index >= 15 is 0 Å². The number of hydrogen-bond acceptors (Lipinski definition) is 10. The summed E-state index contributed by atoms with van der Waals surface area (Å²) in [7, 11) is 3.47. The average molecular weight is 584 g/mol. The fourth-order valence-corrected chi connectivity index (χ4v) is 6.78. The normalized spacial score (nSPS) is 19.1. The molecule has 214 valence electrons. The largest absolute Gasteiger partial charge is 0.397 e. The van der Waals surface area contributed by atoms with Crippen molar-refractivity contribution >= 4 is 56.7 Å². The average Bonchev–Trinajstić information content (AvgIpc) is 3.31. The van der Waals surface area contributed by atoms with Crippen molar-refractivity contribution in [3.63, 3.8) is 0 Å². The number of nitrogen functional groups attached to an aromatic ring is 1. The number of nitrogens with zero attached hydrogens (tertiary/aromatic N) is 4. The summed E-state index contributed by atoms with van der Waals surface area (Å²) in [5, 5.41) is 10.1. The fourth-order valence-electron chi connectivity index (χ4n) is 5.63. The molecule has 2 atom stereocenters. The van der Waals surface area contributed by atoms with Gasteiger partial charge in [0.25, 0.3) is 5.91 Å². The molecule has 0 spiro atoms. The smallest absolute Gasteiger partial charge is 0.260 e. The van der Waals surface area contributed by atoms with Gasteiger partial charge in [0.1, 0.15) is 26.0 Å². The number of thiophene rings is 1. The van der Waals surface area contributed by atoms with Gasteiger partial charge in [-0.25, -0.2) is 4.98 Å². The maximum atomic E-state index is 11.5. The first kappa shape index (κ1) is 29.7. The van der Waals surface area contributed by atoms with Crippen LogP contribution in [0.2, 0.25) is 0 Å². The number of carbonyl (C=O) groups excluding carboxylic acids is 1. The first-order chi connectivity index (χ1) is 19.4. The minimum absolute atomic E-state index is 0.389. The van der Waals surface area contributed by atoms with Crippen molar-refractivity contribution < 1.29 is 14.3 Å². The van der Waals surface area contributed by atoms with Gasteiger partial charge in [0.15, 0.2) is 0 Å². The highest BCUT2D eigenvalue weighted by Gasteiger charge is 2.25. The molecule has 3 aromatic heterocycles. The molecule has 2 aliphatic heterocycles. The molecule has 0 saturated carbocycles. The number of hydrogen-bond donors (Lipinski definition) is 3. The van der Waals surface area contributed by atoms with Crippen LogP contribution in [0.1, 0.15) is 40.9 Å². The number of anilines is 3. The van der Waals surface area contributed by atoms with Crippen LogP contribution in [-0.4, -0.2) is 69.5 Å². The molecule has 0 aliphatic carbocycles. The molecule has 2 aliphatic rings. The van der Waals surface area contributed by atoms with Crippen LogP contribution in [0.4, 0.5) is 17.1 Å². The van der Waals surface area contributed by atoms with Crippen LogP contribution in [0.3, 0.4) is 0 Å². The lowest BCUT2D eigenvalue weighted by atomic mass is 9.98. The van der Waals surface area contributed by atoms with Crippen molar-refractivity contribution in [1.29, 1.82) is 5.26 Å². The number of nitriles is 1. The third-order valence-corrected chi connectivity index (χ3v) is 8.86. The molecule has 10 nitrogen and oxygen atoms in total. The summed E-state index contributed by atoms with van der Waals surface area (Å²) in [5.74, 6) is 0.549. The van der Waals surface area contributed by atoms with Crippen LogP contribution in [0.15, 0.2) is 24.5 Å². The van der Waals surface area contributed by atoms with Crippen molar-refractivity contribution in [3.05, 3.63) is 39.6 Å². The summed E-state index contributed by atoms with van der Waals surface area (Å²) in [6, 6.07) is 6.10. The SMILES string of the molecule is COCC1CCCN(c2cc[nH]c(=S)c2C#N)C1.COCC1CCCN(c2ccnc3sc(C(N)=O)c(N)c23)C1. The lowest BCUT2D eigenvalue weighted by molar-refractivity contribution is 0.100. The van der Waals surface area contributed by atoms with Crippen molar-refractivity contribution in [3.8, 4) is 6.07 Å². The highest BCUT2D eigenvalue weighted by atomic mass is 32.1. The van der Waals surface area contributed by atoms with Crippen molar-refractivity contribution in [2.24, 2.45) is 17.6 Å².